The van der Waals surface area contributed by atoms with Gasteiger partial charge in [0.25, 0.3) is 0 Å². The molecule has 0 radical (unpaired) electrons. The van der Waals surface area contributed by atoms with Crippen LogP contribution >= 0.6 is 0 Å². The van der Waals surface area contributed by atoms with Crippen LogP contribution in [0.5, 0.6) is 5.75 Å². The lowest BCUT2D eigenvalue weighted by molar-refractivity contribution is -0.167. The van der Waals surface area contributed by atoms with E-state index in [0.717, 1.165) is 24.2 Å². The zero-order valence-corrected chi connectivity index (χ0v) is 15.2. The first-order valence-electron chi connectivity index (χ1n) is 8.94. The predicted molar refractivity (Wildman–Crippen MR) is 94.3 cm³/mol. The molecule has 2 aliphatic rings. The molecule has 3 rings (SSSR count). The third-order valence-electron chi connectivity index (χ3n) is 5.81. The second kappa shape index (κ2) is 7.46. The molecule has 2 bridgehead atoms. The monoisotopic (exact) mass is 356 g/mol. The summed E-state index contributed by atoms with van der Waals surface area (Å²) in [5.41, 5.74) is -0.147. The zero-order chi connectivity index (χ0) is 18.7. The third-order valence-corrected chi connectivity index (χ3v) is 5.81. The Kier molecular flexibility index (Phi) is 5.28. The van der Waals surface area contributed by atoms with Crippen molar-refractivity contribution < 1.29 is 19.1 Å². The SMILES string of the molecule is COC(=O)[C@]1(CCC#N)C(=O)C[C@H]2CC[C@H]1N2Cc1cccc(OC)c1. The van der Waals surface area contributed by atoms with E-state index in [0.29, 0.717) is 13.0 Å². The zero-order valence-electron chi connectivity index (χ0n) is 15.2. The number of fused-ring (bicyclic) bond motifs is 2. The van der Waals surface area contributed by atoms with Gasteiger partial charge in [-0.3, -0.25) is 14.5 Å². The van der Waals surface area contributed by atoms with Crippen LogP contribution in [0, 0.1) is 16.7 Å². The number of hydrogen-bond donors (Lipinski definition) is 0. The molecule has 2 fully saturated rings. The first-order chi connectivity index (χ1) is 12.6. The minimum atomic E-state index is -1.23. The van der Waals surface area contributed by atoms with E-state index in [4.69, 9.17) is 14.7 Å². The summed E-state index contributed by atoms with van der Waals surface area (Å²) in [7, 11) is 2.95. The highest BCUT2D eigenvalue weighted by atomic mass is 16.5. The summed E-state index contributed by atoms with van der Waals surface area (Å²) >= 11 is 0. The third kappa shape index (κ3) is 2.97. The maximum absolute atomic E-state index is 12.9. The molecule has 0 spiro atoms. The molecule has 3 atom stereocenters. The van der Waals surface area contributed by atoms with E-state index in [1.807, 2.05) is 24.3 Å². The number of hydrogen-bond acceptors (Lipinski definition) is 6. The number of methoxy groups -OCH3 is 2. The second-order valence-corrected chi connectivity index (χ2v) is 7.02. The topological polar surface area (TPSA) is 79.6 Å². The Balaban J connectivity index is 1.93. The molecule has 0 aromatic heterocycles. The van der Waals surface area contributed by atoms with Gasteiger partial charge in [0.15, 0.2) is 5.78 Å². The van der Waals surface area contributed by atoms with E-state index in [1.54, 1.807) is 7.11 Å². The number of rotatable bonds is 6. The molecule has 1 aromatic rings. The van der Waals surface area contributed by atoms with Gasteiger partial charge in [-0.05, 0) is 37.0 Å². The summed E-state index contributed by atoms with van der Waals surface area (Å²) in [5, 5.41) is 9.04. The largest absolute Gasteiger partial charge is 0.497 e. The maximum atomic E-state index is 12.9. The number of nitrogens with zero attached hydrogens (tertiary/aromatic N) is 2. The van der Waals surface area contributed by atoms with Gasteiger partial charge in [0.2, 0.25) is 0 Å². The molecule has 0 N–H and O–H groups in total. The van der Waals surface area contributed by atoms with Crippen LogP contribution in [0.4, 0.5) is 0 Å². The number of carbonyl (C=O) groups is 2. The van der Waals surface area contributed by atoms with Crippen molar-refractivity contribution >= 4 is 11.8 Å². The summed E-state index contributed by atoms with van der Waals surface area (Å²) in [4.78, 5) is 27.9. The second-order valence-electron chi connectivity index (χ2n) is 7.02. The van der Waals surface area contributed by atoms with Crippen LogP contribution in [-0.2, 0) is 20.9 Å². The Morgan fingerprint density at radius 3 is 2.88 bits per heavy atom. The number of esters is 1. The van der Waals surface area contributed by atoms with Crippen LogP contribution in [-0.4, -0.2) is 43.0 Å². The minimum Gasteiger partial charge on any atom is -0.497 e. The molecule has 0 unspecified atom stereocenters. The fraction of sp³-hybridized carbons (Fsp3) is 0.550. The number of ether oxygens (including phenoxy) is 2. The van der Waals surface area contributed by atoms with Crippen LogP contribution in [0.2, 0.25) is 0 Å². The highest BCUT2D eigenvalue weighted by Crippen LogP contribution is 2.48. The van der Waals surface area contributed by atoms with Gasteiger partial charge in [-0.25, -0.2) is 0 Å². The summed E-state index contributed by atoms with van der Waals surface area (Å²) in [6.45, 7) is 0.644. The summed E-state index contributed by atoms with van der Waals surface area (Å²) in [6, 6.07) is 9.83. The lowest BCUT2D eigenvalue weighted by Crippen LogP contribution is -2.60. The van der Waals surface area contributed by atoms with Crippen molar-refractivity contribution in [2.24, 2.45) is 5.41 Å². The van der Waals surface area contributed by atoms with Gasteiger partial charge in [-0.15, -0.1) is 0 Å². The minimum absolute atomic E-state index is 0.0750. The van der Waals surface area contributed by atoms with Crippen LogP contribution < -0.4 is 4.74 Å². The average molecular weight is 356 g/mol. The van der Waals surface area contributed by atoms with Crippen LogP contribution in [0.1, 0.15) is 37.7 Å². The normalized spacial score (nSPS) is 27.8. The Labute approximate surface area is 153 Å². The fourth-order valence-electron chi connectivity index (χ4n) is 4.58. The Hall–Kier alpha value is -2.39. The van der Waals surface area contributed by atoms with Crippen molar-refractivity contribution in [2.75, 3.05) is 14.2 Å². The first-order valence-corrected chi connectivity index (χ1v) is 8.94. The summed E-state index contributed by atoms with van der Waals surface area (Å²) < 4.78 is 10.3. The summed E-state index contributed by atoms with van der Waals surface area (Å²) in [5.74, 6) is 0.208. The van der Waals surface area contributed by atoms with Crippen molar-refractivity contribution in [2.45, 2.75) is 50.7 Å². The molecule has 0 amide bonds. The van der Waals surface area contributed by atoms with E-state index >= 15 is 0 Å². The standard InChI is InChI=1S/C20H24N2O4/c1-25-16-6-3-5-14(11-16)13-22-15-7-8-17(22)20(9-4-10-21,18(23)12-15)19(24)26-2/h3,5-6,11,15,17H,4,7-9,12-13H2,1-2H3/t15-,17-,20+/m1/s1. The van der Waals surface area contributed by atoms with Crippen molar-refractivity contribution in [3.8, 4) is 11.8 Å². The molecule has 26 heavy (non-hydrogen) atoms. The number of piperidine rings is 1. The number of Topliss-reactive ketones (excluding diaryl/α,β-unsaturated/α-hetero) is 1. The number of ketones is 1. The van der Waals surface area contributed by atoms with E-state index < -0.39 is 11.4 Å². The Morgan fingerprint density at radius 1 is 1.38 bits per heavy atom. The molecule has 0 aliphatic carbocycles. The van der Waals surface area contributed by atoms with Crippen LogP contribution in [0.15, 0.2) is 24.3 Å². The first kappa shape index (κ1) is 18.4. The predicted octanol–water partition coefficient (Wildman–Crippen LogP) is 2.46. The van der Waals surface area contributed by atoms with Crippen molar-refractivity contribution in [1.29, 1.82) is 5.26 Å². The number of nitriles is 1. The molecular weight excluding hydrogens is 332 g/mol. The van der Waals surface area contributed by atoms with Gasteiger partial charge in [0.1, 0.15) is 11.2 Å². The lowest BCUT2D eigenvalue weighted by atomic mass is 9.69. The lowest BCUT2D eigenvalue weighted by Gasteiger charge is -2.45. The summed E-state index contributed by atoms with van der Waals surface area (Å²) in [6.07, 6.45) is 2.36. The Bertz CT molecular complexity index is 742. The molecule has 6 heteroatoms. The van der Waals surface area contributed by atoms with Gasteiger partial charge in [0.05, 0.1) is 20.3 Å². The molecule has 138 valence electrons. The van der Waals surface area contributed by atoms with Crippen molar-refractivity contribution in [3.63, 3.8) is 0 Å². The van der Waals surface area contributed by atoms with Gasteiger partial charge in [-0.1, -0.05) is 12.1 Å². The molecule has 1 aromatic carbocycles. The van der Waals surface area contributed by atoms with Gasteiger partial charge in [-0.2, -0.15) is 5.26 Å². The van der Waals surface area contributed by atoms with E-state index in [9.17, 15) is 9.59 Å². The van der Waals surface area contributed by atoms with Gasteiger partial charge in [0, 0.05) is 31.5 Å². The quantitative estimate of drug-likeness (QED) is 0.575. The van der Waals surface area contributed by atoms with E-state index in [2.05, 4.69) is 11.0 Å². The molecule has 2 heterocycles. The highest BCUT2D eigenvalue weighted by Gasteiger charge is 2.61. The number of benzene rings is 1. The Morgan fingerprint density at radius 2 is 2.19 bits per heavy atom. The van der Waals surface area contributed by atoms with Crippen LogP contribution in [0.3, 0.4) is 0 Å². The molecule has 6 nitrogen and oxygen atoms in total. The molecule has 2 aliphatic heterocycles. The van der Waals surface area contributed by atoms with E-state index in [-0.39, 0.29) is 30.7 Å². The van der Waals surface area contributed by atoms with Crippen molar-refractivity contribution in [3.05, 3.63) is 29.8 Å². The van der Waals surface area contributed by atoms with Gasteiger partial charge < -0.3 is 9.47 Å². The molecule has 2 saturated heterocycles. The van der Waals surface area contributed by atoms with Gasteiger partial charge >= 0.3 is 5.97 Å². The maximum Gasteiger partial charge on any atom is 0.321 e. The molecular formula is C20H24N2O4. The van der Waals surface area contributed by atoms with E-state index in [1.165, 1.54) is 7.11 Å². The average Bonchev–Trinajstić information content (AvgIpc) is 2.97. The highest BCUT2D eigenvalue weighted by molar-refractivity contribution is 6.05. The number of carbonyl (C=O) groups excluding carboxylic acids is 2. The van der Waals surface area contributed by atoms with Crippen molar-refractivity contribution in [1.82, 2.24) is 4.90 Å². The molecule has 0 saturated carbocycles. The van der Waals surface area contributed by atoms with Crippen LogP contribution in [0.25, 0.3) is 0 Å². The smallest absolute Gasteiger partial charge is 0.321 e. The fourth-order valence-corrected chi connectivity index (χ4v) is 4.58.